The molecule has 1 fully saturated rings. The molecule has 2 rings (SSSR count). The molecule has 0 spiro atoms. The van der Waals surface area contributed by atoms with Crippen LogP contribution in [0.3, 0.4) is 0 Å². The van der Waals surface area contributed by atoms with E-state index in [1.807, 2.05) is 17.9 Å². The van der Waals surface area contributed by atoms with Gasteiger partial charge >= 0.3 is 0 Å². The number of nitrogens with one attached hydrogen (secondary N) is 1. The van der Waals surface area contributed by atoms with E-state index >= 15 is 0 Å². The Labute approximate surface area is 91.9 Å². The van der Waals surface area contributed by atoms with E-state index in [1.165, 1.54) is 37.9 Å². The fraction of sp³-hybridized carbons (Fsp3) is 0.750. The summed E-state index contributed by atoms with van der Waals surface area (Å²) in [5.41, 5.74) is 1.36. The van der Waals surface area contributed by atoms with Gasteiger partial charge in [0.15, 0.2) is 0 Å². The Morgan fingerprint density at radius 3 is 3.13 bits per heavy atom. The standard InChI is InChI=1S/C12H21N3/c1-10-9-11(5-7-13-10)3-4-12-6-8-14-15(12)2/h6,8,10-11,13H,3-5,7,9H2,1-2H3. The largest absolute Gasteiger partial charge is 0.314 e. The summed E-state index contributed by atoms with van der Waals surface area (Å²) in [6, 6.07) is 2.83. The molecule has 0 radical (unpaired) electrons. The molecule has 1 N–H and O–H groups in total. The molecule has 84 valence electrons. The third kappa shape index (κ3) is 2.81. The lowest BCUT2D eigenvalue weighted by molar-refractivity contribution is 0.299. The highest BCUT2D eigenvalue weighted by molar-refractivity contribution is 5.00. The molecule has 0 amide bonds. The topological polar surface area (TPSA) is 29.9 Å². The zero-order valence-electron chi connectivity index (χ0n) is 9.74. The first kappa shape index (κ1) is 10.7. The molecule has 2 atom stereocenters. The Bertz CT molecular complexity index is 306. The molecule has 3 heteroatoms. The van der Waals surface area contributed by atoms with Crippen LogP contribution in [0.15, 0.2) is 12.3 Å². The molecule has 1 aliphatic heterocycles. The monoisotopic (exact) mass is 207 g/mol. The maximum atomic E-state index is 4.20. The molecule has 15 heavy (non-hydrogen) atoms. The van der Waals surface area contributed by atoms with E-state index in [0.717, 1.165) is 5.92 Å². The van der Waals surface area contributed by atoms with Crippen molar-refractivity contribution in [2.45, 2.75) is 38.6 Å². The van der Waals surface area contributed by atoms with E-state index in [9.17, 15) is 0 Å². The van der Waals surface area contributed by atoms with Crippen molar-refractivity contribution in [2.24, 2.45) is 13.0 Å². The number of aryl methyl sites for hydroxylation is 2. The van der Waals surface area contributed by atoms with Crippen molar-refractivity contribution < 1.29 is 0 Å². The normalized spacial score (nSPS) is 26.8. The fourth-order valence-corrected chi connectivity index (χ4v) is 2.50. The Balaban J connectivity index is 1.80. The van der Waals surface area contributed by atoms with Crippen LogP contribution in [0.1, 0.15) is 31.9 Å². The minimum Gasteiger partial charge on any atom is -0.314 e. The molecule has 0 aromatic carbocycles. The van der Waals surface area contributed by atoms with Gasteiger partial charge in [-0.25, -0.2) is 0 Å². The minimum absolute atomic E-state index is 0.704. The van der Waals surface area contributed by atoms with Gasteiger partial charge in [-0.3, -0.25) is 4.68 Å². The van der Waals surface area contributed by atoms with Crippen molar-refractivity contribution in [1.29, 1.82) is 0 Å². The summed E-state index contributed by atoms with van der Waals surface area (Å²) in [6.45, 7) is 3.48. The Kier molecular flexibility index (Phi) is 3.41. The summed E-state index contributed by atoms with van der Waals surface area (Å²) in [4.78, 5) is 0. The van der Waals surface area contributed by atoms with Gasteiger partial charge in [0, 0.05) is 25.0 Å². The van der Waals surface area contributed by atoms with Gasteiger partial charge in [-0.05, 0) is 51.1 Å². The van der Waals surface area contributed by atoms with Crippen molar-refractivity contribution in [1.82, 2.24) is 15.1 Å². The molecule has 2 unspecified atom stereocenters. The quantitative estimate of drug-likeness (QED) is 0.818. The summed E-state index contributed by atoms with van der Waals surface area (Å²) in [7, 11) is 2.03. The smallest absolute Gasteiger partial charge is 0.0492 e. The molecule has 1 saturated heterocycles. The van der Waals surface area contributed by atoms with Gasteiger partial charge in [0.1, 0.15) is 0 Å². The van der Waals surface area contributed by atoms with Crippen LogP contribution in [-0.2, 0) is 13.5 Å². The summed E-state index contributed by atoms with van der Waals surface area (Å²) in [5, 5.41) is 7.70. The minimum atomic E-state index is 0.704. The number of hydrogen-bond acceptors (Lipinski definition) is 2. The Morgan fingerprint density at radius 1 is 1.60 bits per heavy atom. The van der Waals surface area contributed by atoms with E-state index in [-0.39, 0.29) is 0 Å². The predicted molar refractivity (Wildman–Crippen MR) is 61.7 cm³/mol. The van der Waals surface area contributed by atoms with Gasteiger partial charge in [-0.2, -0.15) is 5.10 Å². The van der Waals surface area contributed by atoms with Crippen molar-refractivity contribution >= 4 is 0 Å². The molecule has 1 aromatic rings. The first-order chi connectivity index (χ1) is 7.25. The summed E-state index contributed by atoms with van der Waals surface area (Å²) >= 11 is 0. The second kappa shape index (κ2) is 4.79. The second-order valence-corrected chi connectivity index (χ2v) is 4.73. The van der Waals surface area contributed by atoms with Crippen LogP contribution in [-0.4, -0.2) is 22.4 Å². The highest BCUT2D eigenvalue weighted by Crippen LogP contribution is 2.21. The van der Waals surface area contributed by atoms with Gasteiger partial charge < -0.3 is 5.32 Å². The van der Waals surface area contributed by atoms with Crippen molar-refractivity contribution in [3.63, 3.8) is 0 Å². The SMILES string of the molecule is CC1CC(CCc2ccnn2C)CCN1. The molecule has 0 saturated carbocycles. The van der Waals surface area contributed by atoms with Crippen LogP contribution in [0.2, 0.25) is 0 Å². The Hall–Kier alpha value is -0.830. The number of nitrogens with zero attached hydrogens (tertiary/aromatic N) is 2. The maximum Gasteiger partial charge on any atom is 0.0492 e. The lowest BCUT2D eigenvalue weighted by atomic mass is 9.89. The maximum absolute atomic E-state index is 4.20. The molecule has 2 heterocycles. The number of piperidine rings is 1. The van der Waals surface area contributed by atoms with E-state index in [0.29, 0.717) is 6.04 Å². The van der Waals surface area contributed by atoms with Crippen LogP contribution in [0.5, 0.6) is 0 Å². The highest BCUT2D eigenvalue weighted by atomic mass is 15.2. The number of hydrogen-bond donors (Lipinski definition) is 1. The lowest BCUT2D eigenvalue weighted by Gasteiger charge is -2.27. The first-order valence-corrected chi connectivity index (χ1v) is 5.96. The molecule has 0 aliphatic carbocycles. The molecule has 1 aliphatic rings. The van der Waals surface area contributed by atoms with Gasteiger partial charge in [0.25, 0.3) is 0 Å². The third-order valence-electron chi connectivity index (χ3n) is 3.46. The first-order valence-electron chi connectivity index (χ1n) is 5.96. The van der Waals surface area contributed by atoms with Crippen molar-refractivity contribution in [2.75, 3.05) is 6.54 Å². The molecule has 3 nitrogen and oxygen atoms in total. The third-order valence-corrected chi connectivity index (χ3v) is 3.46. The van der Waals surface area contributed by atoms with Crippen LogP contribution >= 0.6 is 0 Å². The van der Waals surface area contributed by atoms with Crippen LogP contribution in [0.25, 0.3) is 0 Å². The van der Waals surface area contributed by atoms with Crippen molar-refractivity contribution in [3.8, 4) is 0 Å². The zero-order valence-corrected chi connectivity index (χ0v) is 9.74. The fourth-order valence-electron chi connectivity index (χ4n) is 2.50. The van der Waals surface area contributed by atoms with Gasteiger partial charge in [-0.15, -0.1) is 0 Å². The highest BCUT2D eigenvalue weighted by Gasteiger charge is 2.18. The average molecular weight is 207 g/mol. The van der Waals surface area contributed by atoms with E-state index in [1.54, 1.807) is 0 Å². The molecular weight excluding hydrogens is 186 g/mol. The summed E-state index contributed by atoms with van der Waals surface area (Å²) in [6.07, 6.45) is 7.04. The molecular formula is C12H21N3. The summed E-state index contributed by atoms with van der Waals surface area (Å²) in [5.74, 6) is 0.899. The zero-order chi connectivity index (χ0) is 10.7. The number of aromatic nitrogens is 2. The van der Waals surface area contributed by atoms with Gasteiger partial charge in [0.05, 0.1) is 0 Å². The Morgan fingerprint density at radius 2 is 2.47 bits per heavy atom. The summed E-state index contributed by atoms with van der Waals surface area (Å²) < 4.78 is 1.99. The van der Waals surface area contributed by atoms with Crippen molar-refractivity contribution in [3.05, 3.63) is 18.0 Å². The molecule has 1 aromatic heterocycles. The van der Waals surface area contributed by atoms with E-state index in [2.05, 4.69) is 23.4 Å². The van der Waals surface area contributed by atoms with Crippen LogP contribution in [0, 0.1) is 5.92 Å². The van der Waals surface area contributed by atoms with Gasteiger partial charge in [-0.1, -0.05) is 0 Å². The van der Waals surface area contributed by atoms with Crippen LogP contribution in [0.4, 0.5) is 0 Å². The van der Waals surface area contributed by atoms with E-state index < -0.39 is 0 Å². The lowest BCUT2D eigenvalue weighted by Crippen LogP contribution is -2.35. The number of rotatable bonds is 3. The van der Waals surface area contributed by atoms with E-state index in [4.69, 9.17) is 0 Å². The predicted octanol–water partition coefficient (Wildman–Crippen LogP) is 1.74. The average Bonchev–Trinajstić information content (AvgIpc) is 2.61. The van der Waals surface area contributed by atoms with Crippen LogP contribution < -0.4 is 5.32 Å². The second-order valence-electron chi connectivity index (χ2n) is 4.73. The van der Waals surface area contributed by atoms with Gasteiger partial charge in [0.2, 0.25) is 0 Å². The molecule has 0 bridgehead atoms.